The predicted octanol–water partition coefficient (Wildman–Crippen LogP) is 2.49. The van der Waals surface area contributed by atoms with Crippen molar-refractivity contribution in [2.75, 3.05) is 44.2 Å². The van der Waals surface area contributed by atoms with Gasteiger partial charge in [-0.2, -0.15) is 0 Å². The number of rotatable bonds is 11. The van der Waals surface area contributed by atoms with Crippen LogP contribution in [0.4, 0.5) is 5.69 Å². The summed E-state index contributed by atoms with van der Waals surface area (Å²) in [6.07, 6.45) is 8.49. The van der Waals surface area contributed by atoms with E-state index in [0.717, 1.165) is 19.5 Å². The molecule has 2 fully saturated rings. The maximum atomic E-state index is 13.4. The average Bonchev–Trinajstić information content (AvgIpc) is 3.72. The largest absolute Gasteiger partial charge is 0.477 e. The zero-order valence-corrected chi connectivity index (χ0v) is 23.2. The van der Waals surface area contributed by atoms with E-state index in [1.54, 1.807) is 30.7 Å². The third-order valence-electron chi connectivity index (χ3n) is 6.28. The minimum Gasteiger partial charge on any atom is -0.477 e. The van der Waals surface area contributed by atoms with Gasteiger partial charge in [0.05, 0.1) is 53.2 Å². The molecule has 4 heterocycles. The Balaban J connectivity index is 1.35. The lowest BCUT2D eigenvalue weighted by atomic mass is 10.1. The van der Waals surface area contributed by atoms with E-state index >= 15 is 0 Å². The second-order valence-electron chi connectivity index (χ2n) is 9.31. The van der Waals surface area contributed by atoms with Crippen LogP contribution in [0.2, 0.25) is 0 Å². The molecule has 0 unspecified atom stereocenters. The van der Waals surface area contributed by atoms with Crippen LogP contribution in [-0.2, 0) is 14.8 Å². The monoisotopic (exact) mass is 573 g/mol. The first-order valence-corrected chi connectivity index (χ1v) is 15.3. The lowest BCUT2D eigenvalue weighted by molar-refractivity contribution is 0.0920. The first-order chi connectivity index (χ1) is 18.9. The molecule has 1 saturated carbocycles. The van der Waals surface area contributed by atoms with E-state index in [0.29, 0.717) is 67.0 Å². The molecule has 1 aliphatic carbocycles. The second-order valence-corrected chi connectivity index (χ2v) is 12.3. The molecular weight excluding hydrogens is 542 g/mol. The number of anilines is 1. The Hall–Kier alpha value is -3.20. The van der Waals surface area contributed by atoms with E-state index in [1.165, 1.54) is 17.5 Å². The molecule has 0 radical (unpaired) electrons. The van der Waals surface area contributed by atoms with Crippen molar-refractivity contribution in [3.05, 3.63) is 47.6 Å². The molecule has 12 nitrogen and oxygen atoms in total. The van der Waals surface area contributed by atoms with Crippen LogP contribution in [0.15, 0.2) is 36.9 Å². The Morgan fingerprint density at radius 2 is 2.10 bits per heavy atom. The quantitative estimate of drug-likeness (QED) is 0.350. The molecule has 1 atom stereocenters. The highest BCUT2D eigenvalue weighted by atomic mass is 32.2. The number of sulfonamides is 1. The average molecular weight is 574 g/mol. The number of nitrogens with zero attached hydrogens (tertiary/aromatic N) is 5. The van der Waals surface area contributed by atoms with Crippen LogP contribution in [-0.4, -0.2) is 83.9 Å². The summed E-state index contributed by atoms with van der Waals surface area (Å²) in [7, 11) is -3.43. The minimum atomic E-state index is -3.43. The number of aromatic nitrogens is 4. The van der Waals surface area contributed by atoms with Gasteiger partial charge < -0.3 is 14.8 Å². The first kappa shape index (κ1) is 27.4. The summed E-state index contributed by atoms with van der Waals surface area (Å²) in [6, 6.07) is 2.79. The number of ether oxygens (including phenoxy) is 2. The number of carbonyl (C=O) groups is 1. The van der Waals surface area contributed by atoms with Gasteiger partial charge in [0.15, 0.2) is 5.01 Å². The Morgan fingerprint density at radius 3 is 2.92 bits per heavy atom. The van der Waals surface area contributed by atoms with E-state index in [-0.39, 0.29) is 16.2 Å². The van der Waals surface area contributed by atoms with Gasteiger partial charge in [0.2, 0.25) is 15.9 Å². The summed E-state index contributed by atoms with van der Waals surface area (Å²) in [5.74, 6) is 0.0427. The summed E-state index contributed by atoms with van der Waals surface area (Å²) in [4.78, 5) is 33.6. The molecule has 39 heavy (non-hydrogen) atoms. The van der Waals surface area contributed by atoms with Crippen LogP contribution in [0.3, 0.4) is 0 Å². The minimum absolute atomic E-state index is 0.267. The van der Waals surface area contributed by atoms with Crippen molar-refractivity contribution in [2.45, 2.75) is 37.5 Å². The zero-order chi connectivity index (χ0) is 27.2. The Bertz CT molecular complexity index is 1390. The number of hydrogen-bond acceptors (Lipinski definition) is 11. The summed E-state index contributed by atoms with van der Waals surface area (Å²) in [6.45, 7) is 5.66. The van der Waals surface area contributed by atoms with Gasteiger partial charge in [-0.25, -0.2) is 18.4 Å². The van der Waals surface area contributed by atoms with Crippen LogP contribution < -0.4 is 14.8 Å². The highest BCUT2D eigenvalue weighted by Gasteiger charge is 2.36. The summed E-state index contributed by atoms with van der Waals surface area (Å²) in [5, 5.41) is 2.98. The number of amides is 1. The molecule has 1 saturated heterocycles. The smallest absolute Gasteiger partial charge is 0.280 e. The van der Waals surface area contributed by atoms with E-state index < -0.39 is 16.1 Å². The molecule has 0 aromatic carbocycles. The van der Waals surface area contributed by atoms with Crippen molar-refractivity contribution < 1.29 is 22.7 Å². The zero-order valence-electron chi connectivity index (χ0n) is 21.6. The third kappa shape index (κ3) is 7.26. The third-order valence-corrected chi connectivity index (χ3v) is 9.17. The SMILES string of the molecule is CCOc1cncc(-c2cnc(C(=O)N[C@H](CN3CCCOCC3)c3cc(NS(=O)(=O)C4CC4)ccn3)s2)n1. The first-order valence-electron chi connectivity index (χ1n) is 12.9. The lowest BCUT2D eigenvalue weighted by Gasteiger charge is -2.26. The van der Waals surface area contributed by atoms with Crippen LogP contribution in [0, 0.1) is 0 Å². The molecule has 3 aromatic heterocycles. The van der Waals surface area contributed by atoms with Gasteiger partial charge in [-0.3, -0.25) is 24.4 Å². The molecule has 2 N–H and O–H groups in total. The van der Waals surface area contributed by atoms with Gasteiger partial charge >= 0.3 is 0 Å². The highest BCUT2D eigenvalue weighted by Crippen LogP contribution is 2.30. The lowest BCUT2D eigenvalue weighted by Crippen LogP contribution is -2.39. The predicted molar refractivity (Wildman–Crippen MR) is 146 cm³/mol. The van der Waals surface area contributed by atoms with Gasteiger partial charge in [0, 0.05) is 38.6 Å². The van der Waals surface area contributed by atoms with Crippen molar-refractivity contribution in [1.82, 2.24) is 30.2 Å². The van der Waals surface area contributed by atoms with Crippen molar-refractivity contribution in [3.8, 4) is 16.5 Å². The van der Waals surface area contributed by atoms with Crippen molar-refractivity contribution in [3.63, 3.8) is 0 Å². The molecule has 0 bridgehead atoms. The molecule has 2 aliphatic rings. The number of hydrogen-bond donors (Lipinski definition) is 2. The van der Waals surface area contributed by atoms with E-state index in [2.05, 4.69) is 34.9 Å². The van der Waals surface area contributed by atoms with Crippen molar-refractivity contribution in [2.24, 2.45) is 0 Å². The van der Waals surface area contributed by atoms with Gasteiger partial charge in [-0.1, -0.05) is 0 Å². The maximum Gasteiger partial charge on any atom is 0.280 e. The fraction of sp³-hybridized carbons (Fsp3) is 0.480. The van der Waals surface area contributed by atoms with Crippen LogP contribution in [0.25, 0.3) is 10.6 Å². The topological polar surface area (TPSA) is 149 Å². The van der Waals surface area contributed by atoms with Gasteiger partial charge in [-0.05, 0) is 38.3 Å². The highest BCUT2D eigenvalue weighted by molar-refractivity contribution is 7.93. The van der Waals surface area contributed by atoms with Crippen molar-refractivity contribution >= 4 is 33.0 Å². The molecule has 14 heteroatoms. The second kappa shape index (κ2) is 12.3. The fourth-order valence-corrected chi connectivity index (χ4v) is 6.33. The summed E-state index contributed by atoms with van der Waals surface area (Å²) in [5.41, 5.74) is 1.54. The van der Waals surface area contributed by atoms with Crippen LogP contribution in [0.1, 0.15) is 47.7 Å². The summed E-state index contributed by atoms with van der Waals surface area (Å²) >= 11 is 1.20. The standard InChI is InChI=1S/C25H31N7O5S2/c1-2-37-23-15-26-13-20(29-23)22-14-28-25(38-22)24(33)30-21(16-32-8-3-10-36-11-9-32)19-12-17(6-7-27-19)31-39(34,35)18-4-5-18/h6-7,12-15,18,21H,2-5,8-11,16H2,1H3,(H,27,31)(H,30,33)/t21-/m1/s1. The van der Waals surface area contributed by atoms with Crippen LogP contribution in [0.5, 0.6) is 5.88 Å². The number of nitrogens with one attached hydrogen (secondary N) is 2. The van der Waals surface area contributed by atoms with Gasteiger partial charge in [-0.15, -0.1) is 11.3 Å². The molecule has 208 valence electrons. The normalized spacial score (nSPS) is 17.3. The molecular formula is C25H31N7O5S2. The number of pyridine rings is 1. The Kier molecular flexibility index (Phi) is 8.65. The molecule has 5 rings (SSSR count). The van der Waals surface area contributed by atoms with Crippen molar-refractivity contribution in [1.29, 1.82) is 0 Å². The summed E-state index contributed by atoms with van der Waals surface area (Å²) < 4.78 is 38.7. The fourth-order valence-electron chi connectivity index (χ4n) is 4.18. The molecule has 3 aromatic rings. The molecule has 1 aliphatic heterocycles. The van der Waals surface area contributed by atoms with Gasteiger partial charge in [0.25, 0.3) is 5.91 Å². The molecule has 1 amide bonds. The Morgan fingerprint density at radius 1 is 1.23 bits per heavy atom. The maximum absolute atomic E-state index is 13.4. The van der Waals surface area contributed by atoms with E-state index in [9.17, 15) is 13.2 Å². The number of carbonyl (C=O) groups excluding carboxylic acids is 1. The molecule has 0 spiro atoms. The van der Waals surface area contributed by atoms with Gasteiger partial charge in [0.1, 0.15) is 5.69 Å². The number of thiazole rings is 1. The Labute approximate surface area is 231 Å². The van der Waals surface area contributed by atoms with E-state index in [1.807, 2.05) is 6.92 Å². The van der Waals surface area contributed by atoms with E-state index in [4.69, 9.17) is 9.47 Å². The van der Waals surface area contributed by atoms with Crippen LogP contribution >= 0.6 is 11.3 Å².